The molecule has 4 aromatic carbocycles. The van der Waals surface area contributed by atoms with E-state index in [-0.39, 0.29) is 55.4 Å². The van der Waals surface area contributed by atoms with E-state index in [4.69, 9.17) is 0 Å². The monoisotopic (exact) mass is 923 g/mol. The Morgan fingerprint density at radius 3 is 1.31 bits per heavy atom. The van der Waals surface area contributed by atoms with Gasteiger partial charge in [0, 0.05) is 38.1 Å². The minimum atomic E-state index is -0.0835. The first-order valence-corrected chi connectivity index (χ1v) is 27.5. The Hall–Kier alpha value is -3.76. The van der Waals surface area contributed by atoms with E-state index in [1.165, 1.54) is 130 Å². The number of rotatable bonds is 2. The van der Waals surface area contributed by atoms with Crippen LogP contribution in [0, 0.1) is 0 Å². The molecule has 2 nitrogen and oxygen atoms in total. The van der Waals surface area contributed by atoms with Gasteiger partial charge in [-0.05, 0) is 198 Å². The molecule has 4 aliphatic carbocycles. The van der Waals surface area contributed by atoms with Gasteiger partial charge < -0.3 is 9.80 Å². The topological polar surface area (TPSA) is 6.48 Å². The highest BCUT2D eigenvalue weighted by molar-refractivity contribution is 7.29. The fourth-order valence-electron chi connectivity index (χ4n) is 14.2. The van der Waals surface area contributed by atoms with Gasteiger partial charge in [0.05, 0.1) is 5.69 Å². The second kappa shape index (κ2) is 14.0. The summed E-state index contributed by atoms with van der Waals surface area (Å²) in [6, 6.07) is 26.2. The van der Waals surface area contributed by atoms with Crippen LogP contribution < -0.4 is 25.5 Å². The molecule has 0 amide bonds. The summed E-state index contributed by atoms with van der Waals surface area (Å²) in [5.41, 5.74) is 24.1. The molecule has 68 heavy (non-hydrogen) atoms. The summed E-state index contributed by atoms with van der Waals surface area (Å²) < 4.78 is 1.55. The van der Waals surface area contributed by atoms with Gasteiger partial charge in [0.1, 0.15) is 0 Å². The van der Waals surface area contributed by atoms with Crippen LogP contribution in [0.3, 0.4) is 0 Å². The van der Waals surface area contributed by atoms with Crippen molar-refractivity contribution >= 4 is 67.9 Å². The third-order valence-corrected chi connectivity index (χ3v) is 21.2. The average molecular weight is 923 g/mol. The fourth-order valence-corrected chi connectivity index (χ4v) is 16.0. The lowest BCUT2D eigenvalue weighted by molar-refractivity contribution is 0.332. The Labute approximate surface area is 417 Å². The molecule has 0 fully saturated rings. The van der Waals surface area contributed by atoms with Crippen LogP contribution in [0.1, 0.15) is 232 Å². The molecular formula is C64H83BN2S. The Bertz CT molecular complexity index is 2970. The third kappa shape index (κ3) is 6.59. The molecule has 2 aliphatic heterocycles. The van der Waals surface area contributed by atoms with Crippen LogP contribution in [0.15, 0.2) is 60.7 Å². The minimum absolute atomic E-state index is 0.0275. The molecule has 0 unspecified atom stereocenters. The quantitative estimate of drug-likeness (QED) is 0.159. The van der Waals surface area contributed by atoms with Gasteiger partial charge in [0.15, 0.2) is 0 Å². The zero-order valence-electron chi connectivity index (χ0n) is 45.8. The van der Waals surface area contributed by atoms with Gasteiger partial charge in [0.25, 0.3) is 6.71 Å². The first-order chi connectivity index (χ1) is 31.3. The summed E-state index contributed by atoms with van der Waals surface area (Å²) in [6.45, 7) is 47.6. The van der Waals surface area contributed by atoms with Crippen LogP contribution in [-0.2, 0) is 48.7 Å². The summed E-state index contributed by atoms with van der Waals surface area (Å²) in [7, 11) is 0. The number of hydrogen-bond acceptors (Lipinski definition) is 3. The van der Waals surface area contributed by atoms with Gasteiger partial charge in [-0.1, -0.05) is 150 Å². The first-order valence-electron chi connectivity index (χ1n) is 26.7. The van der Waals surface area contributed by atoms with E-state index in [0.717, 1.165) is 0 Å². The van der Waals surface area contributed by atoms with E-state index in [9.17, 15) is 0 Å². The van der Waals surface area contributed by atoms with Crippen LogP contribution in [0.4, 0.5) is 34.1 Å². The van der Waals surface area contributed by atoms with Crippen molar-refractivity contribution in [2.24, 2.45) is 0 Å². The fraction of sp³-hybridized carbons (Fsp3) is 0.562. The van der Waals surface area contributed by atoms with Crippen LogP contribution in [0.2, 0.25) is 0 Å². The molecule has 4 heteroatoms. The normalized spacial score (nSPS) is 23.3. The highest BCUT2D eigenvalue weighted by Gasteiger charge is 2.53. The molecule has 1 aromatic heterocycles. The van der Waals surface area contributed by atoms with E-state index >= 15 is 0 Å². The summed E-state index contributed by atoms with van der Waals surface area (Å²) in [6.07, 6.45) is 9.62. The lowest BCUT2D eigenvalue weighted by Crippen LogP contribution is -2.61. The molecule has 0 saturated heterocycles. The van der Waals surface area contributed by atoms with Crippen LogP contribution in [-0.4, -0.2) is 6.71 Å². The minimum Gasteiger partial charge on any atom is -0.311 e. The Balaban J connectivity index is 1.31. The predicted octanol–water partition coefficient (Wildman–Crippen LogP) is 16.5. The van der Waals surface area contributed by atoms with Gasteiger partial charge >= 0.3 is 0 Å². The number of thiophene rings is 1. The molecule has 0 saturated carbocycles. The smallest absolute Gasteiger partial charge is 0.264 e. The van der Waals surface area contributed by atoms with Gasteiger partial charge in [0.2, 0.25) is 0 Å². The van der Waals surface area contributed by atoms with Gasteiger partial charge in [-0.15, -0.1) is 0 Å². The average Bonchev–Trinajstić information content (AvgIpc) is 3.67. The van der Waals surface area contributed by atoms with E-state index in [2.05, 4.69) is 213 Å². The Kier molecular flexibility index (Phi) is 9.61. The van der Waals surface area contributed by atoms with Crippen LogP contribution >= 0.6 is 11.3 Å². The summed E-state index contributed by atoms with van der Waals surface area (Å²) in [4.78, 5) is 7.22. The maximum atomic E-state index is 2.84. The van der Waals surface area contributed by atoms with Crippen molar-refractivity contribution < 1.29 is 0 Å². The molecule has 0 atom stereocenters. The molecule has 0 N–H and O–H groups in total. The maximum Gasteiger partial charge on any atom is 0.264 e. The highest BCUT2D eigenvalue weighted by Crippen LogP contribution is 2.59. The van der Waals surface area contributed by atoms with Gasteiger partial charge in [-0.25, -0.2) is 0 Å². The zero-order chi connectivity index (χ0) is 49.1. The summed E-state index contributed by atoms with van der Waals surface area (Å²) >= 11 is 2.18. The molecule has 11 rings (SSSR count). The van der Waals surface area contributed by atoms with E-state index in [1.54, 1.807) is 20.8 Å². The number of benzene rings is 4. The Morgan fingerprint density at radius 1 is 0.426 bits per heavy atom. The van der Waals surface area contributed by atoms with Gasteiger partial charge in [-0.3, -0.25) is 0 Å². The lowest BCUT2D eigenvalue weighted by Gasteiger charge is -2.48. The van der Waals surface area contributed by atoms with Crippen molar-refractivity contribution in [3.8, 4) is 0 Å². The van der Waals surface area contributed by atoms with Crippen LogP contribution in [0.5, 0.6) is 0 Å². The standard InChI is InChI=1S/C64H83BN2S/c1-56(2,3)38-32-49-52-50(33-38)67(40-21-23-42-44(35-40)60(10,11)27-25-58(42,6)7)53-51-54(64(18,19)31-30-63(51,16)17)68-55(53)65(52)47-36-45-46(62(14,15)29-28-61(45,12)13)37-48(47)66(49)39-20-22-41-43(34-39)59(8,9)26-24-57(41,4)5/h20-23,32-37H,24-31H2,1-19H3. The van der Waals surface area contributed by atoms with E-state index in [0.29, 0.717) is 0 Å². The van der Waals surface area contributed by atoms with Crippen molar-refractivity contribution in [3.05, 3.63) is 110 Å². The van der Waals surface area contributed by atoms with Crippen LogP contribution in [0.25, 0.3) is 0 Å². The summed E-state index contributed by atoms with van der Waals surface area (Å²) in [5, 5.41) is 0. The van der Waals surface area contributed by atoms with Crippen molar-refractivity contribution in [2.75, 3.05) is 9.80 Å². The zero-order valence-corrected chi connectivity index (χ0v) is 46.6. The van der Waals surface area contributed by atoms with E-state index in [1.807, 2.05) is 0 Å². The van der Waals surface area contributed by atoms with Crippen molar-refractivity contribution in [2.45, 2.75) is 232 Å². The number of fused-ring (bicyclic) bond motifs is 9. The Morgan fingerprint density at radius 2 is 0.824 bits per heavy atom. The largest absolute Gasteiger partial charge is 0.311 e. The van der Waals surface area contributed by atoms with Crippen molar-refractivity contribution in [3.63, 3.8) is 0 Å². The number of anilines is 6. The first kappa shape index (κ1) is 46.6. The molecule has 3 heterocycles. The maximum absolute atomic E-state index is 2.84. The number of hydrogen-bond donors (Lipinski definition) is 0. The van der Waals surface area contributed by atoms with E-state index < -0.39 is 0 Å². The molecular weight excluding hydrogens is 840 g/mol. The molecule has 358 valence electrons. The lowest BCUT2D eigenvalue weighted by atomic mass is 9.35. The van der Waals surface area contributed by atoms with Gasteiger partial charge in [-0.2, -0.15) is 11.3 Å². The second-order valence-corrected chi connectivity index (χ2v) is 30.3. The van der Waals surface area contributed by atoms with Crippen molar-refractivity contribution in [1.82, 2.24) is 0 Å². The molecule has 0 radical (unpaired) electrons. The second-order valence-electron chi connectivity index (χ2n) is 29.3. The third-order valence-electron chi connectivity index (χ3n) is 19.6. The molecule has 5 aromatic rings. The number of nitrogens with zero attached hydrogens (tertiary/aromatic N) is 2. The highest BCUT2D eigenvalue weighted by atomic mass is 32.1. The molecule has 0 bridgehead atoms. The summed E-state index contributed by atoms with van der Waals surface area (Å²) in [5.74, 6) is 0. The molecule has 6 aliphatic rings. The predicted molar refractivity (Wildman–Crippen MR) is 298 cm³/mol. The SMILES string of the molecule is CC(C)(C)c1cc2c3c(c1)N(c1ccc4c(c1)C(C)(C)CCC4(C)C)c1c(sc4c1C(C)(C)CCC4(C)C)B3c1cc3c(cc1N2c1ccc2c(c1)C(C)(C)CCC2(C)C)C(C)(C)CCC3(C)C. The molecule has 0 spiro atoms. The van der Waals surface area contributed by atoms with Crippen molar-refractivity contribution in [1.29, 1.82) is 0 Å².